The van der Waals surface area contributed by atoms with E-state index in [1.807, 2.05) is 6.92 Å². The minimum absolute atomic E-state index is 0.909. The number of hydrogen-bond acceptors (Lipinski definition) is 2. The molecule has 70 valence electrons. The van der Waals surface area contributed by atoms with E-state index in [4.69, 9.17) is 12.2 Å². The van der Waals surface area contributed by atoms with Gasteiger partial charge in [0.15, 0.2) is 0 Å². The largest absolute Gasteiger partial charge is 0.379 e. The van der Waals surface area contributed by atoms with Crippen molar-refractivity contribution in [1.29, 1.82) is 0 Å². The van der Waals surface area contributed by atoms with E-state index in [-0.39, 0.29) is 0 Å². The summed E-state index contributed by atoms with van der Waals surface area (Å²) in [5, 5.41) is 3.18. The lowest BCUT2D eigenvalue weighted by molar-refractivity contribution is 0.232. The average Bonchev–Trinajstić information content (AvgIpc) is 2.05. The molecule has 0 atom stereocenters. The number of thiocarbonyl (C=S) groups is 1. The van der Waals surface area contributed by atoms with Gasteiger partial charge in [-0.15, -0.1) is 0 Å². The van der Waals surface area contributed by atoms with Gasteiger partial charge in [0.2, 0.25) is 0 Å². The molecule has 1 fully saturated rings. The maximum Gasteiger partial charge on any atom is 0.0722 e. The second-order valence-corrected chi connectivity index (χ2v) is 4.00. The molecule has 1 N–H and O–H groups in total. The monoisotopic (exact) mass is 186 g/mol. The van der Waals surface area contributed by atoms with Crippen LogP contribution < -0.4 is 5.32 Å². The highest BCUT2D eigenvalue weighted by Gasteiger charge is 2.08. The summed E-state index contributed by atoms with van der Waals surface area (Å²) in [7, 11) is 0. The first-order valence-electron chi connectivity index (χ1n) is 4.76. The number of nitrogens with one attached hydrogen (secondary N) is 1. The quantitative estimate of drug-likeness (QED) is 0.671. The third-order valence-corrected chi connectivity index (χ3v) is 2.39. The van der Waals surface area contributed by atoms with E-state index in [2.05, 4.69) is 10.2 Å². The molecule has 1 rings (SSSR count). The molecule has 0 aromatic carbocycles. The molecule has 1 aliphatic heterocycles. The second kappa shape index (κ2) is 5.49. The van der Waals surface area contributed by atoms with Crippen molar-refractivity contribution in [1.82, 2.24) is 10.2 Å². The van der Waals surface area contributed by atoms with Gasteiger partial charge in [0.1, 0.15) is 0 Å². The molecular formula is C9H18N2S. The van der Waals surface area contributed by atoms with Crippen molar-refractivity contribution in [3.05, 3.63) is 0 Å². The number of likely N-dealkylation sites (tertiary alicyclic amines) is 1. The molecule has 0 unspecified atom stereocenters. The Balaban J connectivity index is 2.01. The fourth-order valence-electron chi connectivity index (χ4n) is 1.57. The van der Waals surface area contributed by atoms with Gasteiger partial charge in [0.05, 0.1) is 4.99 Å². The van der Waals surface area contributed by atoms with E-state index >= 15 is 0 Å². The number of piperidine rings is 1. The lowest BCUT2D eigenvalue weighted by atomic mass is 10.1. The van der Waals surface area contributed by atoms with Crippen molar-refractivity contribution in [2.24, 2.45) is 0 Å². The summed E-state index contributed by atoms with van der Waals surface area (Å²) in [5.74, 6) is 0. The molecule has 1 saturated heterocycles. The number of nitrogens with zero attached hydrogens (tertiary/aromatic N) is 1. The molecule has 0 amide bonds. The molecule has 2 nitrogen and oxygen atoms in total. The first-order valence-corrected chi connectivity index (χ1v) is 5.16. The van der Waals surface area contributed by atoms with Crippen LogP contribution in [-0.4, -0.2) is 36.1 Å². The lowest BCUT2D eigenvalue weighted by Gasteiger charge is -2.26. The second-order valence-electron chi connectivity index (χ2n) is 3.39. The van der Waals surface area contributed by atoms with Gasteiger partial charge in [-0.05, 0) is 32.9 Å². The van der Waals surface area contributed by atoms with Crippen LogP contribution in [0.5, 0.6) is 0 Å². The zero-order valence-corrected chi connectivity index (χ0v) is 8.62. The molecule has 1 aliphatic rings. The van der Waals surface area contributed by atoms with Gasteiger partial charge in [-0.25, -0.2) is 0 Å². The maximum atomic E-state index is 4.93. The van der Waals surface area contributed by atoms with Crippen LogP contribution in [0.3, 0.4) is 0 Å². The Labute approximate surface area is 80.3 Å². The fraction of sp³-hybridized carbons (Fsp3) is 0.889. The summed E-state index contributed by atoms with van der Waals surface area (Å²) in [4.78, 5) is 3.42. The maximum absolute atomic E-state index is 4.93. The number of rotatable bonds is 3. The predicted octanol–water partition coefficient (Wildman–Crippen LogP) is 1.41. The van der Waals surface area contributed by atoms with E-state index in [1.165, 1.54) is 32.4 Å². The highest BCUT2D eigenvalue weighted by Crippen LogP contribution is 2.07. The minimum atomic E-state index is 0.909. The molecular weight excluding hydrogens is 168 g/mol. The van der Waals surface area contributed by atoms with Crippen LogP contribution in [0.4, 0.5) is 0 Å². The number of hydrogen-bond donors (Lipinski definition) is 1. The Bertz CT molecular complexity index is 141. The van der Waals surface area contributed by atoms with E-state index < -0.39 is 0 Å². The van der Waals surface area contributed by atoms with Gasteiger partial charge in [-0.1, -0.05) is 18.6 Å². The van der Waals surface area contributed by atoms with E-state index in [0.29, 0.717) is 0 Å². The van der Waals surface area contributed by atoms with Crippen LogP contribution in [-0.2, 0) is 0 Å². The smallest absolute Gasteiger partial charge is 0.0722 e. The van der Waals surface area contributed by atoms with Gasteiger partial charge < -0.3 is 10.2 Å². The van der Waals surface area contributed by atoms with Gasteiger partial charge in [0.25, 0.3) is 0 Å². The summed E-state index contributed by atoms with van der Waals surface area (Å²) in [6, 6.07) is 0. The zero-order valence-electron chi connectivity index (χ0n) is 7.81. The van der Waals surface area contributed by atoms with Crippen LogP contribution in [0.2, 0.25) is 0 Å². The summed E-state index contributed by atoms with van der Waals surface area (Å²) in [5.41, 5.74) is 0. The van der Waals surface area contributed by atoms with Gasteiger partial charge in [-0.3, -0.25) is 0 Å². The SMILES string of the molecule is CC(=S)NCCN1CCCCC1. The van der Waals surface area contributed by atoms with Gasteiger partial charge in [-0.2, -0.15) is 0 Å². The van der Waals surface area contributed by atoms with Crippen molar-refractivity contribution in [2.45, 2.75) is 26.2 Å². The van der Waals surface area contributed by atoms with Crippen molar-refractivity contribution in [2.75, 3.05) is 26.2 Å². The van der Waals surface area contributed by atoms with Crippen molar-refractivity contribution < 1.29 is 0 Å². The predicted molar refractivity (Wildman–Crippen MR) is 56.6 cm³/mol. The van der Waals surface area contributed by atoms with E-state index in [1.54, 1.807) is 0 Å². The van der Waals surface area contributed by atoms with Crippen LogP contribution >= 0.6 is 12.2 Å². The van der Waals surface area contributed by atoms with Crippen LogP contribution in [0.15, 0.2) is 0 Å². The zero-order chi connectivity index (χ0) is 8.81. The summed E-state index contributed by atoms with van der Waals surface area (Å²) in [6.45, 7) is 6.64. The third-order valence-electron chi connectivity index (χ3n) is 2.25. The third kappa shape index (κ3) is 4.02. The summed E-state index contributed by atoms with van der Waals surface area (Å²) in [6.07, 6.45) is 4.16. The molecule has 0 radical (unpaired) electrons. The minimum Gasteiger partial charge on any atom is -0.379 e. The van der Waals surface area contributed by atoms with Crippen LogP contribution in [0.25, 0.3) is 0 Å². The van der Waals surface area contributed by atoms with Crippen molar-refractivity contribution in [3.8, 4) is 0 Å². The Kier molecular flexibility index (Phi) is 4.54. The molecule has 0 aliphatic carbocycles. The molecule has 3 heteroatoms. The first kappa shape index (κ1) is 9.93. The fourth-order valence-corrected chi connectivity index (χ4v) is 1.68. The van der Waals surface area contributed by atoms with Crippen LogP contribution in [0, 0.1) is 0 Å². The van der Waals surface area contributed by atoms with Crippen LogP contribution in [0.1, 0.15) is 26.2 Å². The summed E-state index contributed by atoms with van der Waals surface area (Å²) >= 11 is 4.93. The Morgan fingerprint density at radius 3 is 2.58 bits per heavy atom. The first-order chi connectivity index (χ1) is 5.79. The van der Waals surface area contributed by atoms with Gasteiger partial charge >= 0.3 is 0 Å². The molecule has 0 aromatic rings. The van der Waals surface area contributed by atoms with E-state index in [0.717, 1.165) is 18.1 Å². The Morgan fingerprint density at radius 1 is 1.33 bits per heavy atom. The lowest BCUT2D eigenvalue weighted by Crippen LogP contribution is -2.36. The molecule has 1 heterocycles. The molecule has 0 saturated carbocycles. The van der Waals surface area contributed by atoms with Gasteiger partial charge in [0, 0.05) is 13.1 Å². The molecule has 0 aromatic heterocycles. The molecule has 0 bridgehead atoms. The van der Waals surface area contributed by atoms with E-state index in [9.17, 15) is 0 Å². The topological polar surface area (TPSA) is 15.3 Å². The molecule has 12 heavy (non-hydrogen) atoms. The average molecular weight is 186 g/mol. The van der Waals surface area contributed by atoms with Crippen molar-refractivity contribution in [3.63, 3.8) is 0 Å². The van der Waals surface area contributed by atoms with Crippen molar-refractivity contribution >= 4 is 17.2 Å². The summed E-state index contributed by atoms with van der Waals surface area (Å²) < 4.78 is 0. The Hall–Kier alpha value is -0.150. The Morgan fingerprint density at radius 2 is 2.00 bits per heavy atom. The highest BCUT2D eigenvalue weighted by molar-refractivity contribution is 7.80. The normalized spacial score (nSPS) is 19.1. The standard InChI is InChI=1S/C9H18N2S/c1-9(12)10-5-8-11-6-3-2-4-7-11/h2-8H2,1H3,(H,10,12). The highest BCUT2D eigenvalue weighted by atomic mass is 32.1. The molecule has 0 spiro atoms.